The zero-order chi connectivity index (χ0) is 20.2. The van der Waals surface area contributed by atoms with Crippen molar-refractivity contribution in [2.75, 3.05) is 7.05 Å². The highest BCUT2D eigenvalue weighted by atomic mass is 32.1. The summed E-state index contributed by atoms with van der Waals surface area (Å²) in [6.45, 7) is 3.83. The van der Waals surface area contributed by atoms with E-state index in [1.165, 1.54) is 11.3 Å². The molecule has 1 heterocycles. The molecule has 0 fully saturated rings. The number of thiocarbonyl (C=S) groups is 1. The van der Waals surface area contributed by atoms with Crippen molar-refractivity contribution in [3.05, 3.63) is 28.8 Å². The number of thiazole rings is 1. The lowest BCUT2D eigenvalue weighted by Gasteiger charge is -2.35. The molecule has 146 valence electrons. The van der Waals surface area contributed by atoms with Gasteiger partial charge in [-0.05, 0) is 43.3 Å². The van der Waals surface area contributed by atoms with Gasteiger partial charge < -0.3 is 15.5 Å². The number of nitrogens with zero attached hydrogens (tertiary/aromatic N) is 1. The highest BCUT2D eigenvalue weighted by molar-refractivity contribution is 7.80. The number of benzene rings is 1. The molecule has 1 aromatic heterocycles. The van der Waals surface area contributed by atoms with Crippen LogP contribution in [0.15, 0.2) is 18.2 Å². The van der Waals surface area contributed by atoms with Crippen LogP contribution in [-0.2, 0) is 10.2 Å². The molecule has 0 aliphatic rings. The van der Waals surface area contributed by atoms with Crippen LogP contribution in [0, 0.1) is 5.92 Å². The van der Waals surface area contributed by atoms with E-state index in [1.807, 2.05) is 13.8 Å². The van der Waals surface area contributed by atoms with Gasteiger partial charge in [0.2, 0.25) is 0 Å². The highest BCUT2D eigenvalue weighted by Gasteiger charge is 2.49. The average Bonchev–Trinajstić information content (AvgIpc) is 3.06. The second-order valence-electron chi connectivity index (χ2n) is 6.49. The van der Waals surface area contributed by atoms with Crippen LogP contribution in [0.5, 0.6) is 0 Å². The number of carbonyl (C=O) groups excluding carboxylic acids is 1. The molecule has 2 unspecified atom stereocenters. The SMILES string of the molecule is CCCC(C(=O)O)C(CCC)(C(O)=S)c1nc2cc(C(=O)NC)ccc2s1. The Bertz CT molecular complexity index is 865. The summed E-state index contributed by atoms with van der Waals surface area (Å²) in [4.78, 5) is 28.5. The predicted molar refractivity (Wildman–Crippen MR) is 111 cm³/mol. The van der Waals surface area contributed by atoms with Crippen LogP contribution in [-0.4, -0.2) is 39.2 Å². The normalized spacial score (nSPS) is 14.5. The molecule has 8 heteroatoms. The fourth-order valence-electron chi connectivity index (χ4n) is 3.45. The number of carboxylic acid groups (broad SMARTS) is 1. The van der Waals surface area contributed by atoms with Crippen molar-refractivity contribution in [3.8, 4) is 0 Å². The molecule has 2 aromatic rings. The van der Waals surface area contributed by atoms with Gasteiger partial charge >= 0.3 is 5.97 Å². The van der Waals surface area contributed by atoms with Crippen LogP contribution in [0.25, 0.3) is 10.2 Å². The third-order valence-corrected chi connectivity index (χ3v) is 6.33. The van der Waals surface area contributed by atoms with Crippen molar-refractivity contribution in [3.63, 3.8) is 0 Å². The number of aliphatic hydroxyl groups excluding tert-OH is 1. The van der Waals surface area contributed by atoms with Crippen molar-refractivity contribution in [2.45, 2.75) is 44.9 Å². The summed E-state index contributed by atoms with van der Waals surface area (Å²) in [6, 6.07) is 5.15. The van der Waals surface area contributed by atoms with Gasteiger partial charge in [0, 0.05) is 12.6 Å². The number of aromatic nitrogens is 1. The second-order valence-corrected chi connectivity index (χ2v) is 7.90. The Morgan fingerprint density at radius 2 is 2.00 bits per heavy atom. The van der Waals surface area contributed by atoms with Crippen LogP contribution in [0.2, 0.25) is 0 Å². The molecule has 27 heavy (non-hydrogen) atoms. The fraction of sp³-hybridized carbons (Fsp3) is 0.474. The second kappa shape index (κ2) is 8.75. The van der Waals surface area contributed by atoms with Gasteiger partial charge in [-0.3, -0.25) is 9.59 Å². The minimum absolute atomic E-state index is 0.224. The van der Waals surface area contributed by atoms with Gasteiger partial charge in [-0.1, -0.05) is 26.7 Å². The molecule has 2 rings (SSSR count). The molecule has 3 N–H and O–H groups in total. The minimum atomic E-state index is -1.22. The fourth-order valence-corrected chi connectivity index (χ4v) is 5.07. The maximum Gasteiger partial charge on any atom is 0.307 e. The van der Waals surface area contributed by atoms with Crippen molar-refractivity contribution >= 4 is 50.7 Å². The van der Waals surface area contributed by atoms with Crippen LogP contribution in [0.3, 0.4) is 0 Å². The van der Waals surface area contributed by atoms with Gasteiger partial charge in [0.15, 0.2) is 5.05 Å². The van der Waals surface area contributed by atoms with Gasteiger partial charge in [-0.2, -0.15) is 0 Å². The highest BCUT2D eigenvalue weighted by Crippen LogP contribution is 2.44. The van der Waals surface area contributed by atoms with Gasteiger partial charge in [-0.25, -0.2) is 4.98 Å². The Kier molecular flexibility index (Phi) is 6.89. The lowest BCUT2D eigenvalue weighted by Crippen LogP contribution is -2.46. The van der Waals surface area contributed by atoms with E-state index in [4.69, 9.17) is 12.2 Å². The lowest BCUT2D eigenvalue weighted by atomic mass is 9.71. The molecule has 0 saturated carbocycles. The lowest BCUT2D eigenvalue weighted by molar-refractivity contribution is -0.144. The molecule has 0 radical (unpaired) electrons. The summed E-state index contributed by atoms with van der Waals surface area (Å²) in [7, 11) is 1.55. The first-order valence-corrected chi connectivity index (χ1v) is 10.1. The van der Waals surface area contributed by atoms with E-state index in [2.05, 4.69) is 10.3 Å². The first kappa shape index (κ1) is 21.2. The molecule has 0 spiro atoms. The van der Waals surface area contributed by atoms with Crippen molar-refractivity contribution in [2.24, 2.45) is 5.92 Å². The summed E-state index contributed by atoms with van der Waals surface area (Å²) in [5.41, 5.74) is -0.158. The molecule has 1 amide bonds. The topological polar surface area (TPSA) is 99.5 Å². The number of carboxylic acids is 1. The number of aliphatic carboxylic acids is 1. The van der Waals surface area contributed by atoms with Gasteiger partial charge in [0.25, 0.3) is 5.91 Å². The Balaban J connectivity index is 2.69. The van der Waals surface area contributed by atoms with E-state index in [1.54, 1.807) is 25.2 Å². The van der Waals surface area contributed by atoms with E-state index in [0.717, 1.165) is 4.70 Å². The summed E-state index contributed by atoms with van der Waals surface area (Å²) >= 11 is 6.49. The molecule has 0 aliphatic carbocycles. The number of fused-ring (bicyclic) bond motifs is 1. The zero-order valence-corrected chi connectivity index (χ0v) is 17.2. The average molecular weight is 409 g/mol. The smallest absolute Gasteiger partial charge is 0.307 e. The van der Waals surface area contributed by atoms with E-state index < -0.39 is 17.3 Å². The Morgan fingerprint density at radius 1 is 1.30 bits per heavy atom. The molecule has 0 saturated heterocycles. The van der Waals surface area contributed by atoms with Crippen molar-refractivity contribution in [1.82, 2.24) is 10.3 Å². The van der Waals surface area contributed by atoms with Crippen LogP contribution in [0.4, 0.5) is 0 Å². The van der Waals surface area contributed by atoms with E-state index in [9.17, 15) is 19.8 Å². The Morgan fingerprint density at radius 3 is 2.52 bits per heavy atom. The maximum atomic E-state index is 12.0. The van der Waals surface area contributed by atoms with Crippen molar-refractivity contribution < 1.29 is 19.8 Å². The first-order chi connectivity index (χ1) is 12.8. The molecule has 1 aromatic carbocycles. The molecule has 0 aliphatic heterocycles. The third-order valence-electron chi connectivity index (χ3n) is 4.75. The van der Waals surface area contributed by atoms with Gasteiger partial charge in [0.1, 0.15) is 10.4 Å². The third kappa shape index (κ3) is 3.96. The van der Waals surface area contributed by atoms with Crippen LogP contribution in [0.1, 0.15) is 54.9 Å². The number of nitrogens with one attached hydrogen (secondary N) is 1. The molecule has 0 bridgehead atoms. The summed E-state index contributed by atoms with van der Waals surface area (Å²) in [5, 5.41) is 23.0. The standard InChI is InChI=1S/C19H24N2O4S2/c1-4-6-12(16(23)24)19(9-5-2,18(25)26)17-21-13-10-11(15(22)20-3)7-8-14(13)27-17/h7-8,10,12H,4-6,9H2,1-3H3,(H,20,22)(H,23,24)(H,25,26). The molecule has 6 nitrogen and oxygen atoms in total. The predicted octanol–water partition coefficient (Wildman–Crippen LogP) is 4.08. The summed E-state index contributed by atoms with van der Waals surface area (Å²) < 4.78 is 0.815. The summed E-state index contributed by atoms with van der Waals surface area (Å²) in [5.74, 6) is -2.08. The van der Waals surface area contributed by atoms with Crippen LogP contribution < -0.4 is 5.32 Å². The number of rotatable bonds is 9. The minimum Gasteiger partial charge on any atom is -0.501 e. The Labute approximate surface area is 167 Å². The molecular formula is C19H24N2O4S2. The van der Waals surface area contributed by atoms with E-state index in [-0.39, 0.29) is 11.0 Å². The monoisotopic (exact) mass is 408 g/mol. The quantitative estimate of drug-likeness (QED) is 0.541. The van der Waals surface area contributed by atoms with Gasteiger partial charge in [0.05, 0.1) is 16.1 Å². The maximum absolute atomic E-state index is 12.0. The number of carbonyl (C=O) groups is 2. The van der Waals surface area contributed by atoms with Crippen LogP contribution >= 0.6 is 23.6 Å². The number of hydrogen-bond acceptors (Lipinski definition) is 5. The largest absolute Gasteiger partial charge is 0.501 e. The van der Waals surface area contributed by atoms with Gasteiger partial charge in [-0.15, -0.1) is 11.3 Å². The molecular weight excluding hydrogens is 384 g/mol. The summed E-state index contributed by atoms with van der Waals surface area (Å²) in [6.07, 6.45) is 2.07. The first-order valence-electron chi connectivity index (χ1n) is 8.91. The number of hydrogen-bond donors (Lipinski definition) is 3. The van der Waals surface area contributed by atoms with E-state index >= 15 is 0 Å². The van der Waals surface area contributed by atoms with E-state index in [0.29, 0.717) is 41.8 Å². The number of amides is 1. The Hall–Kier alpha value is -2.06. The van der Waals surface area contributed by atoms with Crippen molar-refractivity contribution in [1.29, 1.82) is 0 Å². The molecule has 2 atom stereocenters. The number of aliphatic hydroxyl groups is 1. The zero-order valence-electron chi connectivity index (χ0n) is 15.6.